The molecule has 0 aliphatic rings. The number of anilines is 2. The number of benzene rings is 2. The molecule has 4 nitrogen and oxygen atoms in total. The lowest BCUT2D eigenvalue weighted by atomic mass is 10.2. The van der Waals surface area contributed by atoms with Gasteiger partial charge < -0.3 is 10.6 Å². The summed E-state index contributed by atoms with van der Waals surface area (Å²) >= 11 is 5.50. The Bertz CT molecular complexity index is 992. The summed E-state index contributed by atoms with van der Waals surface area (Å²) in [5.74, 6) is -1.05. The summed E-state index contributed by atoms with van der Waals surface area (Å²) in [7, 11) is 0. The van der Waals surface area contributed by atoms with Crippen LogP contribution < -0.4 is 10.6 Å². The molecule has 0 aliphatic carbocycles. The molecule has 0 unspecified atom stereocenters. The van der Waals surface area contributed by atoms with Crippen molar-refractivity contribution in [2.45, 2.75) is 12.4 Å². The summed E-state index contributed by atoms with van der Waals surface area (Å²) in [5.41, 5.74) is -3.02. The van der Waals surface area contributed by atoms with Crippen LogP contribution in [0.2, 0.25) is 5.02 Å². The number of nitrogens with zero attached hydrogens (tertiary/aromatic N) is 1. The van der Waals surface area contributed by atoms with E-state index in [4.69, 9.17) is 16.9 Å². The average molecular weight is 434 g/mol. The minimum Gasteiger partial charge on any atom is -0.360 e. The molecule has 0 bridgehead atoms. The fraction of sp³-hybridized carbons (Fsp3) is 0.111. The number of hydrogen-bond donors (Lipinski definition) is 2. The third-order valence-electron chi connectivity index (χ3n) is 3.47. The van der Waals surface area contributed by atoms with Crippen molar-refractivity contribution in [1.82, 2.24) is 0 Å². The molecule has 2 aromatic carbocycles. The number of hydrogen-bond acceptors (Lipinski definition) is 3. The number of carbonyl (C=O) groups excluding carboxylic acids is 1. The van der Waals surface area contributed by atoms with E-state index in [1.807, 2.05) is 0 Å². The number of nitriles is 1. The predicted octanol–water partition coefficient (Wildman–Crippen LogP) is 5.84. The summed E-state index contributed by atoms with van der Waals surface area (Å²) in [6.45, 7) is 0. The number of halogens is 7. The Hall–Kier alpha value is -3.19. The van der Waals surface area contributed by atoms with Crippen LogP contribution in [0.15, 0.2) is 54.2 Å². The maximum absolute atomic E-state index is 12.9. The van der Waals surface area contributed by atoms with E-state index < -0.39 is 40.0 Å². The van der Waals surface area contributed by atoms with Crippen LogP contribution in [0.3, 0.4) is 0 Å². The fourth-order valence-corrected chi connectivity index (χ4v) is 2.33. The van der Waals surface area contributed by atoms with E-state index >= 15 is 0 Å². The molecule has 0 radical (unpaired) electrons. The highest BCUT2D eigenvalue weighted by molar-refractivity contribution is 6.31. The van der Waals surface area contributed by atoms with Crippen LogP contribution in [0.1, 0.15) is 11.1 Å². The summed E-state index contributed by atoms with van der Waals surface area (Å²) in [6, 6.07) is 8.09. The topological polar surface area (TPSA) is 64.9 Å². The average Bonchev–Trinajstić information content (AvgIpc) is 2.62. The Labute approximate surface area is 165 Å². The second kappa shape index (κ2) is 8.45. The van der Waals surface area contributed by atoms with Gasteiger partial charge in [-0.15, -0.1) is 0 Å². The van der Waals surface area contributed by atoms with Crippen LogP contribution in [-0.2, 0) is 17.1 Å². The first-order valence-electron chi connectivity index (χ1n) is 7.64. The Kier molecular flexibility index (Phi) is 6.44. The molecule has 2 N–H and O–H groups in total. The Morgan fingerprint density at radius 3 is 2.28 bits per heavy atom. The minimum absolute atomic E-state index is 0.110. The third kappa shape index (κ3) is 5.89. The van der Waals surface area contributed by atoms with Crippen LogP contribution in [0.4, 0.5) is 37.7 Å². The van der Waals surface area contributed by atoms with Gasteiger partial charge in [0.2, 0.25) is 0 Å². The molecular weight excluding hydrogens is 424 g/mol. The molecular formula is C18H10ClF6N3O. The Balaban J connectivity index is 2.19. The Morgan fingerprint density at radius 1 is 1.00 bits per heavy atom. The first kappa shape index (κ1) is 22.1. The summed E-state index contributed by atoms with van der Waals surface area (Å²) in [4.78, 5) is 12.1. The van der Waals surface area contributed by atoms with Crippen LogP contribution in [0.5, 0.6) is 0 Å². The smallest absolute Gasteiger partial charge is 0.360 e. The van der Waals surface area contributed by atoms with Gasteiger partial charge in [-0.05, 0) is 36.4 Å². The van der Waals surface area contributed by atoms with Gasteiger partial charge in [0.15, 0.2) is 0 Å². The molecule has 2 aromatic rings. The molecule has 0 saturated heterocycles. The van der Waals surface area contributed by atoms with Gasteiger partial charge in [-0.2, -0.15) is 31.6 Å². The van der Waals surface area contributed by atoms with Crippen molar-refractivity contribution < 1.29 is 31.1 Å². The maximum atomic E-state index is 12.9. The fourth-order valence-electron chi connectivity index (χ4n) is 2.11. The zero-order valence-electron chi connectivity index (χ0n) is 14.1. The molecule has 1 amide bonds. The molecule has 0 spiro atoms. The van der Waals surface area contributed by atoms with E-state index in [0.717, 1.165) is 24.4 Å². The van der Waals surface area contributed by atoms with Gasteiger partial charge in [0, 0.05) is 17.6 Å². The van der Waals surface area contributed by atoms with Crippen LogP contribution in [0, 0.1) is 11.3 Å². The number of nitrogens with one attached hydrogen (secondary N) is 2. The zero-order valence-corrected chi connectivity index (χ0v) is 14.9. The lowest BCUT2D eigenvalue weighted by Crippen LogP contribution is -2.15. The number of carbonyl (C=O) groups is 1. The molecule has 11 heteroatoms. The van der Waals surface area contributed by atoms with Crippen molar-refractivity contribution in [3.63, 3.8) is 0 Å². The molecule has 0 saturated carbocycles. The normalized spacial score (nSPS) is 12.3. The summed E-state index contributed by atoms with van der Waals surface area (Å²) in [6.07, 6.45) is -8.51. The van der Waals surface area contributed by atoms with Crippen molar-refractivity contribution in [2.24, 2.45) is 0 Å². The first-order valence-corrected chi connectivity index (χ1v) is 8.02. The SMILES string of the molecule is N#C/C(=C/Nc1ccc(Cl)c(C(F)(F)F)c1)C(=O)Nc1cccc(C(F)(F)F)c1. The van der Waals surface area contributed by atoms with Crippen LogP contribution in [0.25, 0.3) is 0 Å². The van der Waals surface area contributed by atoms with Crippen LogP contribution in [-0.4, -0.2) is 5.91 Å². The molecule has 0 fully saturated rings. The second-order valence-electron chi connectivity index (χ2n) is 5.54. The quantitative estimate of drug-likeness (QED) is 0.362. The lowest BCUT2D eigenvalue weighted by molar-refractivity contribution is -0.138. The van der Waals surface area contributed by atoms with E-state index in [1.54, 1.807) is 0 Å². The predicted molar refractivity (Wildman–Crippen MR) is 93.8 cm³/mol. The number of rotatable bonds is 4. The molecule has 0 heterocycles. The zero-order chi connectivity index (χ0) is 21.8. The van der Waals surface area contributed by atoms with E-state index in [2.05, 4.69) is 10.6 Å². The van der Waals surface area contributed by atoms with Crippen molar-refractivity contribution >= 4 is 28.9 Å². The van der Waals surface area contributed by atoms with Gasteiger partial charge in [0.1, 0.15) is 11.6 Å². The molecule has 152 valence electrons. The molecule has 0 aliphatic heterocycles. The number of amides is 1. The monoisotopic (exact) mass is 433 g/mol. The molecule has 0 atom stereocenters. The second-order valence-corrected chi connectivity index (χ2v) is 5.95. The molecule has 29 heavy (non-hydrogen) atoms. The van der Waals surface area contributed by atoms with Crippen molar-refractivity contribution in [1.29, 1.82) is 5.26 Å². The van der Waals surface area contributed by atoms with Gasteiger partial charge in [0.25, 0.3) is 5.91 Å². The van der Waals surface area contributed by atoms with E-state index in [-0.39, 0.29) is 11.4 Å². The van der Waals surface area contributed by atoms with Gasteiger partial charge in [-0.25, -0.2) is 0 Å². The Morgan fingerprint density at radius 2 is 1.69 bits per heavy atom. The van der Waals surface area contributed by atoms with Gasteiger partial charge >= 0.3 is 12.4 Å². The highest BCUT2D eigenvalue weighted by atomic mass is 35.5. The first-order chi connectivity index (χ1) is 13.4. The van der Waals surface area contributed by atoms with Gasteiger partial charge in [-0.1, -0.05) is 17.7 Å². The molecule has 0 aromatic heterocycles. The third-order valence-corrected chi connectivity index (χ3v) is 3.80. The van der Waals surface area contributed by atoms with E-state index in [1.165, 1.54) is 18.2 Å². The van der Waals surface area contributed by atoms with Crippen molar-refractivity contribution in [3.05, 3.63) is 70.4 Å². The lowest BCUT2D eigenvalue weighted by Gasteiger charge is -2.11. The minimum atomic E-state index is -4.71. The largest absolute Gasteiger partial charge is 0.417 e. The molecule has 2 rings (SSSR count). The maximum Gasteiger partial charge on any atom is 0.417 e. The highest BCUT2D eigenvalue weighted by Crippen LogP contribution is 2.36. The van der Waals surface area contributed by atoms with Gasteiger partial charge in [0.05, 0.1) is 16.1 Å². The van der Waals surface area contributed by atoms with E-state index in [9.17, 15) is 31.1 Å². The summed E-state index contributed by atoms with van der Waals surface area (Å²) in [5, 5.41) is 13.0. The van der Waals surface area contributed by atoms with Crippen molar-refractivity contribution in [2.75, 3.05) is 10.6 Å². The van der Waals surface area contributed by atoms with Gasteiger partial charge in [-0.3, -0.25) is 4.79 Å². The van der Waals surface area contributed by atoms with Crippen LogP contribution >= 0.6 is 11.6 Å². The summed E-state index contributed by atoms with van der Waals surface area (Å²) < 4.78 is 76.7. The standard InChI is InChI=1S/C18H10ClF6N3O/c19-15-5-4-12(7-14(15)18(23,24)25)27-9-10(8-26)16(29)28-13-3-1-2-11(6-13)17(20,21)22/h1-7,9,27H,(H,28,29)/b10-9-. The number of alkyl halides is 6. The highest BCUT2D eigenvalue weighted by Gasteiger charge is 2.33. The van der Waals surface area contributed by atoms with E-state index in [0.29, 0.717) is 12.1 Å². The van der Waals surface area contributed by atoms with Crippen molar-refractivity contribution in [3.8, 4) is 6.07 Å².